The van der Waals surface area contributed by atoms with E-state index < -0.39 is 52.6 Å². The summed E-state index contributed by atoms with van der Waals surface area (Å²) >= 11 is 0. The van der Waals surface area contributed by atoms with Crippen molar-refractivity contribution in [2.45, 2.75) is 24.6 Å². The van der Waals surface area contributed by atoms with E-state index in [1.807, 2.05) is 0 Å². The van der Waals surface area contributed by atoms with Crippen LogP contribution in [0.25, 0.3) is 0 Å². The van der Waals surface area contributed by atoms with Gasteiger partial charge in [0.05, 0.1) is 29.6 Å². The Hall–Kier alpha value is -4.06. The van der Waals surface area contributed by atoms with Crippen LogP contribution in [-0.2, 0) is 33.2 Å². The minimum atomic E-state index is -4.20. The lowest BCUT2D eigenvalue weighted by Crippen LogP contribution is -2.58. The molecular formula is C27H24O10S. The van der Waals surface area contributed by atoms with Crippen molar-refractivity contribution in [2.75, 3.05) is 12.9 Å². The Balaban J connectivity index is 1.65. The molecule has 0 unspecified atom stereocenters. The van der Waals surface area contributed by atoms with Gasteiger partial charge in [0.1, 0.15) is 0 Å². The second kappa shape index (κ2) is 12.0. The van der Waals surface area contributed by atoms with E-state index in [0.29, 0.717) is 0 Å². The third-order valence-corrected chi connectivity index (χ3v) is 5.99. The van der Waals surface area contributed by atoms with Gasteiger partial charge in [-0.1, -0.05) is 54.6 Å². The van der Waals surface area contributed by atoms with Gasteiger partial charge in [0, 0.05) is 0 Å². The van der Waals surface area contributed by atoms with Crippen LogP contribution in [-0.4, -0.2) is 63.8 Å². The average molecular weight is 541 g/mol. The molecule has 1 aliphatic heterocycles. The first-order chi connectivity index (χ1) is 18.2. The SMILES string of the molecule is CS(=O)(=O)O[C@H]1[C@@H](OC(=O)c2ccccc2)OC[C@@H](OC(=O)c2ccccc2)[C@H]1OC(=O)c1ccccc1. The van der Waals surface area contributed by atoms with E-state index in [2.05, 4.69) is 0 Å². The molecular weight excluding hydrogens is 516 g/mol. The van der Waals surface area contributed by atoms with Gasteiger partial charge >= 0.3 is 17.9 Å². The van der Waals surface area contributed by atoms with Gasteiger partial charge < -0.3 is 18.9 Å². The minimum absolute atomic E-state index is 0.156. The van der Waals surface area contributed by atoms with E-state index in [1.165, 1.54) is 36.4 Å². The predicted octanol–water partition coefficient (Wildman–Crippen LogP) is 3.00. The molecule has 1 saturated heterocycles. The third-order valence-electron chi connectivity index (χ3n) is 5.42. The highest BCUT2D eigenvalue weighted by Crippen LogP contribution is 2.28. The zero-order valence-corrected chi connectivity index (χ0v) is 21.0. The maximum absolute atomic E-state index is 13.0. The van der Waals surface area contributed by atoms with E-state index in [4.69, 9.17) is 23.1 Å². The number of hydrogen-bond donors (Lipinski definition) is 0. The van der Waals surface area contributed by atoms with Gasteiger partial charge in [-0.3, -0.25) is 4.18 Å². The van der Waals surface area contributed by atoms with Gasteiger partial charge in [0.2, 0.25) is 6.29 Å². The number of benzene rings is 3. The highest BCUT2D eigenvalue weighted by atomic mass is 32.2. The normalized spacial score (nSPS) is 21.2. The smallest absolute Gasteiger partial charge is 0.340 e. The van der Waals surface area contributed by atoms with E-state index in [-0.39, 0.29) is 23.3 Å². The summed E-state index contributed by atoms with van der Waals surface area (Å²) in [4.78, 5) is 38.5. The summed E-state index contributed by atoms with van der Waals surface area (Å²) in [6.07, 6.45) is -5.34. The van der Waals surface area contributed by atoms with E-state index in [0.717, 1.165) is 6.26 Å². The first-order valence-electron chi connectivity index (χ1n) is 11.5. The van der Waals surface area contributed by atoms with E-state index in [1.54, 1.807) is 54.6 Å². The molecule has 10 nitrogen and oxygen atoms in total. The van der Waals surface area contributed by atoms with Crippen molar-refractivity contribution in [3.63, 3.8) is 0 Å². The maximum atomic E-state index is 13.0. The Morgan fingerprint density at radius 3 is 1.53 bits per heavy atom. The van der Waals surface area contributed by atoms with Gasteiger partial charge in [-0.05, 0) is 36.4 Å². The molecule has 3 aromatic rings. The lowest BCUT2D eigenvalue weighted by Gasteiger charge is -2.39. The molecule has 0 amide bonds. The standard InChI is InChI=1S/C27H24O10S/c1-38(31,32)37-23-22(35-25(29)19-13-7-3-8-14-19)21(34-24(28)18-11-5-2-6-12-18)17-33-27(23)36-26(30)20-15-9-4-10-16-20/h2-16,21-23,27H,17H2,1H3/t21-,22-,23-,27-/m1/s1. The van der Waals surface area contributed by atoms with Crippen molar-refractivity contribution in [3.05, 3.63) is 108 Å². The molecule has 0 radical (unpaired) electrons. The largest absolute Gasteiger partial charge is 0.452 e. The molecule has 0 bridgehead atoms. The van der Waals surface area contributed by atoms with Crippen molar-refractivity contribution in [2.24, 2.45) is 0 Å². The Morgan fingerprint density at radius 2 is 1.08 bits per heavy atom. The monoisotopic (exact) mass is 540 g/mol. The van der Waals surface area contributed by atoms with Crippen LogP contribution in [0.1, 0.15) is 31.1 Å². The fourth-order valence-corrected chi connectivity index (χ4v) is 4.29. The zero-order valence-electron chi connectivity index (χ0n) is 20.2. The molecule has 0 saturated carbocycles. The number of hydrogen-bond acceptors (Lipinski definition) is 10. The molecule has 1 fully saturated rings. The Morgan fingerprint density at radius 1 is 0.658 bits per heavy atom. The Kier molecular flexibility index (Phi) is 8.52. The molecule has 0 N–H and O–H groups in total. The van der Waals surface area contributed by atoms with Crippen molar-refractivity contribution in [1.82, 2.24) is 0 Å². The van der Waals surface area contributed by atoms with Crippen LogP contribution in [0.2, 0.25) is 0 Å². The van der Waals surface area contributed by atoms with Gasteiger partial charge in [-0.25, -0.2) is 14.4 Å². The van der Waals surface area contributed by atoms with Crippen molar-refractivity contribution < 1.29 is 45.9 Å². The predicted molar refractivity (Wildman–Crippen MR) is 133 cm³/mol. The maximum Gasteiger partial charge on any atom is 0.340 e. The number of carbonyl (C=O) groups excluding carboxylic acids is 3. The second-order valence-corrected chi connectivity index (χ2v) is 9.88. The van der Waals surface area contributed by atoms with Crippen LogP contribution in [0.15, 0.2) is 91.0 Å². The van der Waals surface area contributed by atoms with Crippen molar-refractivity contribution in [1.29, 1.82) is 0 Å². The summed E-state index contributed by atoms with van der Waals surface area (Å²) in [6, 6.07) is 23.9. The molecule has 1 heterocycles. The van der Waals surface area contributed by atoms with Crippen LogP contribution in [0, 0.1) is 0 Å². The van der Waals surface area contributed by atoms with Crippen LogP contribution in [0.4, 0.5) is 0 Å². The summed E-state index contributed by atoms with van der Waals surface area (Å²) in [5, 5.41) is 0. The molecule has 4 rings (SSSR count). The summed E-state index contributed by atoms with van der Waals surface area (Å²) < 4.78 is 51.8. The van der Waals surface area contributed by atoms with Crippen LogP contribution >= 0.6 is 0 Å². The van der Waals surface area contributed by atoms with Gasteiger partial charge in [-0.15, -0.1) is 0 Å². The average Bonchev–Trinajstić information content (AvgIpc) is 2.92. The highest BCUT2D eigenvalue weighted by Gasteiger charge is 2.49. The second-order valence-electron chi connectivity index (χ2n) is 8.28. The van der Waals surface area contributed by atoms with Gasteiger partial charge in [0.25, 0.3) is 10.1 Å². The van der Waals surface area contributed by atoms with Crippen LogP contribution in [0.5, 0.6) is 0 Å². The molecule has 1 aliphatic rings. The molecule has 0 spiro atoms. The summed E-state index contributed by atoms with van der Waals surface area (Å²) in [7, 11) is -4.20. The third kappa shape index (κ3) is 7.03. The van der Waals surface area contributed by atoms with Crippen LogP contribution < -0.4 is 0 Å². The summed E-state index contributed by atoms with van der Waals surface area (Å²) in [5.41, 5.74) is 0.534. The topological polar surface area (TPSA) is 132 Å². The van der Waals surface area contributed by atoms with Crippen LogP contribution in [0.3, 0.4) is 0 Å². The van der Waals surface area contributed by atoms with Gasteiger partial charge in [-0.2, -0.15) is 8.42 Å². The van der Waals surface area contributed by atoms with Gasteiger partial charge in [0.15, 0.2) is 18.3 Å². The fourth-order valence-electron chi connectivity index (χ4n) is 3.69. The van der Waals surface area contributed by atoms with Crippen molar-refractivity contribution >= 4 is 28.0 Å². The molecule has 0 aromatic heterocycles. The fraction of sp³-hybridized carbons (Fsp3) is 0.222. The number of rotatable bonds is 8. The van der Waals surface area contributed by atoms with E-state index in [9.17, 15) is 22.8 Å². The first-order valence-corrected chi connectivity index (χ1v) is 13.3. The van der Waals surface area contributed by atoms with E-state index >= 15 is 0 Å². The lowest BCUT2D eigenvalue weighted by molar-refractivity contribution is -0.243. The summed E-state index contributed by atoms with van der Waals surface area (Å²) in [5.74, 6) is -2.43. The molecule has 3 aromatic carbocycles. The lowest BCUT2D eigenvalue weighted by atomic mass is 10.0. The zero-order chi connectivity index (χ0) is 27.1. The Bertz CT molecular complexity index is 1360. The molecule has 11 heteroatoms. The molecule has 38 heavy (non-hydrogen) atoms. The number of carbonyl (C=O) groups is 3. The Labute approximate surface area is 219 Å². The highest BCUT2D eigenvalue weighted by molar-refractivity contribution is 7.86. The number of esters is 3. The summed E-state index contributed by atoms with van der Waals surface area (Å²) in [6.45, 7) is -0.387. The number of ether oxygens (including phenoxy) is 4. The molecule has 0 aliphatic carbocycles. The molecule has 198 valence electrons. The quantitative estimate of drug-likeness (QED) is 0.239. The first kappa shape index (κ1) is 27.0. The minimum Gasteiger partial charge on any atom is -0.452 e. The van der Waals surface area contributed by atoms with Crippen molar-refractivity contribution in [3.8, 4) is 0 Å². The molecule has 4 atom stereocenters.